The monoisotopic (exact) mass is 247 g/mol. The Hall–Kier alpha value is -2.17. The molecule has 1 N–H and O–H groups in total. The molecule has 2 aromatic rings. The van der Waals surface area contributed by atoms with E-state index < -0.39 is 0 Å². The molecular formula is C13H14FN3O. The first-order chi connectivity index (χ1) is 8.69. The van der Waals surface area contributed by atoms with Crippen LogP contribution in [0.4, 0.5) is 10.3 Å². The highest BCUT2D eigenvalue weighted by molar-refractivity contribution is 5.26. The van der Waals surface area contributed by atoms with E-state index in [1.165, 1.54) is 12.1 Å². The fourth-order valence-electron chi connectivity index (χ4n) is 1.52. The smallest absolute Gasteiger partial charge is 0.222 e. The van der Waals surface area contributed by atoms with Crippen molar-refractivity contribution in [3.63, 3.8) is 0 Å². The van der Waals surface area contributed by atoms with E-state index in [-0.39, 0.29) is 11.9 Å². The van der Waals surface area contributed by atoms with Gasteiger partial charge in [0.05, 0.1) is 5.69 Å². The van der Waals surface area contributed by atoms with Gasteiger partial charge in [0.25, 0.3) is 0 Å². The largest absolute Gasteiger partial charge is 0.484 e. The van der Waals surface area contributed by atoms with Crippen LogP contribution in [0.2, 0.25) is 0 Å². The van der Waals surface area contributed by atoms with Gasteiger partial charge in [0.1, 0.15) is 17.7 Å². The van der Waals surface area contributed by atoms with Gasteiger partial charge in [-0.1, -0.05) is 6.07 Å². The van der Waals surface area contributed by atoms with Crippen LogP contribution >= 0.6 is 0 Å². The third-order valence-corrected chi connectivity index (χ3v) is 2.43. The SMILES string of the molecule is CNc1nccc([C@@H](C)Oc2cccc(F)c2)n1. The lowest BCUT2D eigenvalue weighted by molar-refractivity contribution is 0.221. The number of benzene rings is 1. The van der Waals surface area contributed by atoms with Gasteiger partial charge in [-0.15, -0.1) is 0 Å². The van der Waals surface area contributed by atoms with Crippen molar-refractivity contribution in [2.75, 3.05) is 12.4 Å². The summed E-state index contributed by atoms with van der Waals surface area (Å²) in [4.78, 5) is 8.29. The highest BCUT2D eigenvalue weighted by Crippen LogP contribution is 2.21. The first-order valence-electron chi connectivity index (χ1n) is 5.62. The molecule has 0 aliphatic carbocycles. The molecule has 0 amide bonds. The van der Waals surface area contributed by atoms with Crippen molar-refractivity contribution >= 4 is 5.95 Å². The number of ether oxygens (including phenoxy) is 1. The van der Waals surface area contributed by atoms with E-state index >= 15 is 0 Å². The number of nitrogens with one attached hydrogen (secondary N) is 1. The van der Waals surface area contributed by atoms with Crippen LogP contribution in [-0.2, 0) is 0 Å². The van der Waals surface area contributed by atoms with Crippen LogP contribution in [0.25, 0.3) is 0 Å². The standard InChI is InChI=1S/C13H14FN3O/c1-9(12-6-7-16-13(15-2)17-12)18-11-5-3-4-10(14)8-11/h3-9H,1-2H3,(H,15,16,17)/t9-/m1/s1. The van der Waals surface area contributed by atoms with Crippen LogP contribution in [0, 0.1) is 5.82 Å². The van der Waals surface area contributed by atoms with E-state index in [1.54, 1.807) is 31.4 Å². The fraction of sp³-hybridized carbons (Fsp3) is 0.231. The molecule has 0 aliphatic rings. The van der Waals surface area contributed by atoms with Gasteiger partial charge >= 0.3 is 0 Å². The third-order valence-electron chi connectivity index (χ3n) is 2.43. The van der Waals surface area contributed by atoms with Gasteiger partial charge in [0.2, 0.25) is 5.95 Å². The van der Waals surface area contributed by atoms with Crippen LogP contribution in [0.1, 0.15) is 18.7 Å². The number of rotatable bonds is 4. The summed E-state index contributed by atoms with van der Waals surface area (Å²) >= 11 is 0. The van der Waals surface area contributed by atoms with E-state index in [1.807, 2.05) is 6.92 Å². The van der Waals surface area contributed by atoms with E-state index in [9.17, 15) is 4.39 Å². The Balaban J connectivity index is 2.13. The average molecular weight is 247 g/mol. The molecule has 2 rings (SSSR count). The van der Waals surface area contributed by atoms with Crippen molar-refractivity contribution in [3.8, 4) is 5.75 Å². The second-order valence-corrected chi connectivity index (χ2v) is 3.77. The van der Waals surface area contributed by atoms with E-state index in [0.29, 0.717) is 11.7 Å². The predicted octanol–water partition coefficient (Wildman–Crippen LogP) is 2.80. The molecule has 4 nitrogen and oxygen atoms in total. The van der Waals surface area contributed by atoms with Crippen LogP contribution in [-0.4, -0.2) is 17.0 Å². The molecule has 0 saturated carbocycles. The lowest BCUT2D eigenvalue weighted by Gasteiger charge is -2.14. The minimum absolute atomic E-state index is 0.276. The molecule has 5 heteroatoms. The molecule has 1 heterocycles. The Morgan fingerprint density at radius 3 is 2.89 bits per heavy atom. The van der Waals surface area contributed by atoms with Gasteiger partial charge < -0.3 is 10.1 Å². The van der Waals surface area contributed by atoms with Crippen LogP contribution in [0.15, 0.2) is 36.5 Å². The summed E-state index contributed by atoms with van der Waals surface area (Å²) in [6.45, 7) is 1.85. The van der Waals surface area contributed by atoms with Gasteiger partial charge in [-0.3, -0.25) is 0 Å². The first-order valence-corrected chi connectivity index (χ1v) is 5.62. The number of halogens is 1. The molecule has 0 fully saturated rings. The summed E-state index contributed by atoms with van der Waals surface area (Å²) in [5, 5.41) is 2.86. The van der Waals surface area contributed by atoms with Gasteiger partial charge in [0, 0.05) is 19.3 Å². The van der Waals surface area contributed by atoms with Crippen molar-refractivity contribution in [1.29, 1.82) is 0 Å². The van der Waals surface area contributed by atoms with E-state index in [0.717, 1.165) is 5.69 Å². The van der Waals surface area contributed by atoms with Gasteiger partial charge in [-0.05, 0) is 25.1 Å². The average Bonchev–Trinajstić information content (AvgIpc) is 2.39. The minimum atomic E-state index is -0.321. The van der Waals surface area contributed by atoms with Crippen molar-refractivity contribution < 1.29 is 9.13 Å². The summed E-state index contributed by atoms with van der Waals surface area (Å²) in [5.41, 5.74) is 0.735. The van der Waals surface area contributed by atoms with Crippen molar-refractivity contribution in [1.82, 2.24) is 9.97 Å². The number of hydrogen-bond acceptors (Lipinski definition) is 4. The maximum atomic E-state index is 13.0. The van der Waals surface area contributed by atoms with Gasteiger partial charge in [0.15, 0.2) is 0 Å². The Morgan fingerprint density at radius 2 is 2.17 bits per heavy atom. The lowest BCUT2D eigenvalue weighted by Crippen LogP contribution is -2.07. The molecular weight excluding hydrogens is 233 g/mol. The van der Waals surface area contributed by atoms with Crippen molar-refractivity contribution in [2.24, 2.45) is 0 Å². The highest BCUT2D eigenvalue weighted by atomic mass is 19.1. The van der Waals surface area contributed by atoms with Crippen LogP contribution in [0.5, 0.6) is 5.75 Å². The summed E-state index contributed by atoms with van der Waals surface area (Å²) in [6, 6.07) is 7.80. The zero-order valence-corrected chi connectivity index (χ0v) is 10.2. The molecule has 0 spiro atoms. The zero-order valence-electron chi connectivity index (χ0n) is 10.2. The summed E-state index contributed by atoms with van der Waals surface area (Å²) in [7, 11) is 1.75. The topological polar surface area (TPSA) is 47.0 Å². The predicted molar refractivity (Wildman–Crippen MR) is 67.0 cm³/mol. The molecule has 94 valence electrons. The summed E-state index contributed by atoms with van der Waals surface area (Å²) in [5.74, 6) is 0.688. The molecule has 18 heavy (non-hydrogen) atoms. The van der Waals surface area contributed by atoms with Gasteiger partial charge in [-0.2, -0.15) is 0 Å². The van der Waals surface area contributed by atoms with E-state index in [4.69, 9.17) is 4.74 Å². The van der Waals surface area contributed by atoms with Gasteiger partial charge in [-0.25, -0.2) is 14.4 Å². The second-order valence-electron chi connectivity index (χ2n) is 3.77. The molecule has 1 aromatic heterocycles. The Labute approximate surface area is 105 Å². The Kier molecular flexibility index (Phi) is 3.72. The second kappa shape index (κ2) is 5.44. The number of anilines is 1. The Morgan fingerprint density at radius 1 is 1.33 bits per heavy atom. The lowest BCUT2D eigenvalue weighted by atomic mass is 10.2. The first kappa shape index (κ1) is 12.3. The Bertz CT molecular complexity index is 533. The van der Waals surface area contributed by atoms with Crippen molar-refractivity contribution in [2.45, 2.75) is 13.0 Å². The zero-order chi connectivity index (χ0) is 13.0. The summed E-state index contributed by atoms with van der Waals surface area (Å²) < 4.78 is 18.6. The normalized spacial score (nSPS) is 11.9. The van der Waals surface area contributed by atoms with E-state index in [2.05, 4.69) is 15.3 Å². The van der Waals surface area contributed by atoms with Crippen LogP contribution < -0.4 is 10.1 Å². The molecule has 0 saturated heterocycles. The third kappa shape index (κ3) is 2.94. The number of nitrogens with zero attached hydrogens (tertiary/aromatic N) is 2. The molecule has 0 radical (unpaired) electrons. The maximum absolute atomic E-state index is 13.0. The van der Waals surface area contributed by atoms with Crippen LogP contribution in [0.3, 0.4) is 0 Å². The molecule has 1 atom stereocenters. The number of aromatic nitrogens is 2. The molecule has 0 aliphatic heterocycles. The highest BCUT2D eigenvalue weighted by Gasteiger charge is 2.10. The molecule has 0 unspecified atom stereocenters. The quantitative estimate of drug-likeness (QED) is 0.902. The fourth-order valence-corrected chi connectivity index (χ4v) is 1.52. The molecule has 0 bridgehead atoms. The number of hydrogen-bond donors (Lipinski definition) is 1. The van der Waals surface area contributed by atoms with Crippen molar-refractivity contribution in [3.05, 3.63) is 48.0 Å². The minimum Gasteiger partial charge on any atom is -0.484 e. The summed E-state index contributed by atoms with van der Waals surface area (Å²) in [6.07, 6.45) is 1.38. The maximum Gasteiger partial charge on any atom is 0.222 e. The molecule has 1 aromatic carbocycles.